The van der Waals surface area contributed by atoms with Gasteiger partial charge in [-0.15, -0.1) is 0 Å². The van der Waals surface area contributed by atoms with Crippen molar-refractivity contribution in [2.45, 2.75) is 31.0 Å². The lowest BCUT2D eigenvalue weighted by molar-refractivity contribution is -0.140. The van der Waals surface area contributed by atoms with Gasteiger partial charge in [-0.25, -0.2) is 0 Å². The van der Waals surface area contributed by atoms with Gasteiger partial charge in [0.2, 0.25) is 0 Å². The highest BCUT2D eigenvalue weighted by Gasteiger charge is 2.29. The molecule has 0 atom stereocenters. The van der Waals surface area contributed by atoms with Crippen LogP contribution in [0, 0.1) is 11.8 Å². The molecule has 1 aromatic heterocycles. The number of nitrogens with zero attached hydrogens (tertiary/aromatic N) is 1. The van der Waals surface area contributed by atoms with Crippen molar-refractivity contribution in [3.05, 3.63) is 66.0 Å². The number of aryl methyl sites for hydroxylation is 1. The zero-order valence-electron chi connectivity index (χ0n) is 18.2. The zero-order valence-corrected chi connectivity index (χ0v) is 19.0. The monoisotopic (exact) mass is 473 g/mol. The molecule has 0 saturated heterocycles. The Morgan fingerprint density at radius 1 is 1.15 bits per heavy atom. The van der Waals surface area contributed by atoms with Crippen molar-refractivity contribution in [2.24, 2.45) is 10.9 Å². The van der Waals surface area contributed by atoms with Crippen LogP contribution in [0.25, 0.3) is 10.9 Å². The number of aromatic nitrogens is 1. The summed E-state index contributed by atoms with van der Waals surface area (Å²) in [6.07, 6.45) is -3.57. The molecule has 0 saturated carbocycles. The topological polar surface area (TPSA) is 81.0 Å². The van der Waals surface area contributed by atoms with Gasteiger partial charge in [-0.05, 0) is 66.3 Å². The summed E-state index contributed by atoms with van der Waals surface area (Å²) in [7, 11) is 0. The third-order valence-corrected chi connectivity index (χ3v) is 5.49. The van der Waals surface area contributed by atoms with Crippen LogP contribution >= 0.6 is 11.9 Å². The van der Waals surface area contributed by atoms with Crippen LogP contribution in [-0.2, 0) is 13.0 Å². The number of alkyl halides is 3. The number of hydrogen-bond donors (Lipinski definition) is 4. The second-order valence-corrected chi connectivity index (χ2v) is 8.13. The first-order valence-corrected chi connectivity index (χ1v) is 11.2. The highest BCUT2D eigenvalue weighted by atomic mass is 32.2. The van der Waals surface area contributed by atoms with Crippen molar-refractivity contribution in [1.29, 1.82) is 0 Å². The molecule has 0 amide bonds. The van der Waals surface area contributed by atoms with Crippen LogP contribution < -0.4 is 21.5 Å². The number of benzene rings is 2. The number of anilines is 2. The maximum atomic E-state index is 13.3. The molecule has 1 heterocycles. The third kappa shape index (κ3) is 6.40. The SMILES string of the molecule is C=C(N)CNc1cccc2c1cc(C#CCNc1ccc(SN)cc1CC)n2CC(F)(F)F. The first kappa shape index (κ1) is 24.4. The third-order valence-electron chi connectivity index (χ3n) is 4.97. The smallest absolute Gasteiger partial charge is 0.401 e. The van der Waals surface area contributed by atoms with Gasteiger partial charge in [0.25, 0.3) is 0 Å². The Balaban J connectivity index is 1.89. The number of halogens is 3. The Morgan fingerprint density at radius 2 is 1.94 bits per heavy atom. The normalized spacial score (nSPS) is 11.2. The van der Waals surface area contributed by atoms with Crippen LogP contribution in [-0.4, -0.2) is 23.8 Å². The zero-order chi connectivity index (χ0) is 24.0. The van der Waals surface area contributed by atoms with Gasteiger partial charge < -0.3 is 20.9 Å². The lowest BCUT2D eigenvalue weighted by Gasteiger charge is -2.12. The first-order valence-electron chi connectivity index (χ1n) is 10.3. The highest BCUT2D eigenvalue weighted by Crippen LogP contribution is 2.30. The van der Waals surface area contributed by atoms with Crippen molar-refractivity contribution in [3.63, 3.8) is 0 Å². The number of rotatable bonds is 8. The van der Waals surface area contributed by atoms with Crippen LogP contribution in [0.2, 0.25) is 0 Å². The van der Waals surface area contributed by atoms with Gasteiger partial charge in [0.15, 0.2) is 0 Å². The lowest BCUT2D eigenvalue weighted by Crippen LogP contribution is -2.18. The quantitative estimate of drug-likeness (QED) is 0.271. The van der Waals surface area contributed by atoms with E-state index in [1.165, 1.54) is 16.5 Å². The van der Waals surface area contributed by atoms with Gasteiger partial charge >= 0.3 is 6.18 Å². The van der Waals surface area contributed by atoms with Crippen molar-refractivity contribution in [1.82, 2.24) is 4.57 Å². The van der Waals surface area contributed by atoms with E-state index in [0.717, 1.165) is 22.6 Å². The van der Waals surface area contributed by atoms with Crippen LogP contribution in [0.3, 0.4) is 0 Å². The summed E-state index contributed by atoms with van der Waals surface area (Å²) < 4.78 is 41.1. The molecule has 0 fully saturated rings. The molecular weight excluding hydrogens is 447 g/mol. The number of nitrogens with two attached hydrogens (primary N) is 2. The fourth-order valence-electron chi connectivity index (χ4n) is 3.48. The molecule has 0 aliphatic carbocycles. The van der Waals surface area contributed by atoms with E-state index in [-0.39, 0.29) is 12.2 Å². The Hall–Kier alpha value is -3.22. The maximum absolute atomic E-state index is 13.3. The summed E-state index contributed by atoms with van der Waals surface area (Å²) in [6.45, 7) is 5.16. The predicted octanol–water partition coefficient (Wildman–Crippen LogP) is 5.08. The van der Waals surface area contributed by atoms with E-state index in [1.54, 1.807) is 24.3 Å². The predicted molar refractivity (Wildman–Crippen MR) is 131 cm³/mol. The molecule has 0 aliphatic heterocycles. The van der Waals surface area contributed by atoms with Crippen LogP contribution in [0.1, 0.15) is 18.2 Å². The molecule has 6 N–H and O–H groups in total. The van der Waals surface area contributed by atoms with Crippen molar-refractivity contribution >= 4 is 34.2 Å². The fourth-order valence-corrected chi connectivity index (χ4v) is 3.84. The minimum Gasteiger partial charge on any atom is -0.401 e. The Bertz CT molecular complexity index is 1200. The largest absolute Gasteiger partial charge is 0.406 e. The van der Waals surface area contributed by atoms with Crippen LogP contribution in [0.5, 0.6) is 0 Å². The molecule has 3 rings (SSSR count). The van der Waals surface area contributed by atoms with E-state index in [9.17, 15) is 13.2 Å². The van der Waals surface area contributed by atoms with E-state index < -0.39 is 12.7 Å². The molecule has 174 valence electrons. The van der Waals surface area contributed by atoms with E-state index in [1.807, 2.05) is 25.1 Å². The minimum absolute atomic E-state index is 0.285. The van der Waals surface area contributed by atoms with E-state index in [0.29, 0.717) is 28.8 Å². The minimum atomic E-state index is -4.38. The standard InChI is InChI=1S/C24H26F3N5S/c1-3-17-12-19(33-29)9-10-21(17)30-11-5-6-18-13-20-22(31-14-16(2)28)7-4-8-23(20)32(18)15-24(25,26)27/h4,7-10,12-13,30-31H,2-3,11,14-15,28-29H2,1H3. The number of hydrogen-bond acceptors (Lipinski definition) is 5. The second kappa shape index (κ2) is 10.6. The second-order valence-electron chi connectivity index (χ2n) is 7.43. The van der Waals surface area contributed by atoms with Crippen LogP contribution in [0.15, 0.2) is 59.6 Å². The lowest BCUT2D eigenvalue weighted by atomic mass is 10.1. The van der Waals surface area contributed by atoms with Gasteiger partial charge in [-0.2, -0.15) is 13.2 Å². The molecule has 0 bridgehead atoms. The van der Waals surface area contributed by atoms with Gasteiger partial charge in [-0.1, -0.05) is 25.5 Å². The van der Waals surface area contributed by atoms with Gasteiger partial charge in [-0.3, -0.25) is 5.14 Å². The summed E-state index contributed by atoms with van der Waals surface area (Å²) >= 11 is 1.18. The summed E-state index contributed by atoms with van der Waals surface area (Å²) in [6, 6.07) is 12.7. The summed E-state index contributed by atoms with van der Waals surface area (Å²) in [4.78, 5) is 0.961. The Morgan fingerprint density at radius 3 is 2.61 bits per heavy atom. The van der Waals surface area contributed by atoms with E-state index in [4.69, 9.17) is 10.9 Å². The summed E-state index contributed by atoms with van der Waals surface area (Å²) in [5.74, 6) is 5.86. The molecule has 9 heteroatoms. The number of fused-ring (bicyclic) bond motifs is 1. The molecule has 0 radical (unpaired) electrons. The Labute approximate surface area is 195 Å². The molecule has 3 aromatic rings. The number of nitrogens with one attached hydrogen (secondary N) is 2. The maximum Gasteiger partial charge on any atom is 0.406 e. The molecule has 0 aliphatic rings. The molecule has 0 spiro atoms. The van der Waals surface area contributed by atoms with E-state index >= 15 is 0 Å². The molecule has 2 aromatic carbocycles. The first-order chi connectivity index (χ1) is 15.7. The average molecular weight is 474 g/mol. The van der Waals surface area contributed by atoms with Crippen molar-refractivity contribution in [2.75, 3.05) is 23.7 Å². The molecule has 33 heavy (non-hydrogen) atoms. The Kier molecular flexibility index (Phi) is 7.84. The van der Waals surface area contributed by atoms with Crippen LogP contribution in [0.4, 0.5) is 24.5 Å². The van der Waals surface area contributed by atoms with E-state index in [2.05, 4.69) is 29.1 Å². The van der Waals surface area contributed by atoms with Crippen molar-refractivity contribution < 1.29 is 13.2 Å². The average Bonchev–Trinajstić information content (AvgIpc) is 3.11. The fraction of sp³-hybridized carbons (Fsp3) is 0.250. The van der Waals surface area contributed by atoms with Gasteiger partial charge in [0.05, 0.1) is 24.3 Å². The van der Waals surface area contributed by atoms with Crippen molar-refractivity contribution in [3.8, 4) is 11.8 Å². The van der Waals surface area contributed by atoms with Gasteiger partial charge in [0.1, 0.15) is 6.54 Å². The molecule has 0 unspecified atom stereocenters. The highest BCUT2D eigenvalue weighted by molar-refractivity contribution is 7.97. The molecular formula is C24H26F3N5S. The summed E-state index contributed by atoms with van der Waals surface area (Å²) in [5, 5.41) is 12.6. The summed E-state index contributed by atoms with van der Waals surface area (Å²) in [5.41, 5.74) is 9.47. The van der Waals surface area contributed by atoms with Gasteiger partial charge in [0, 0.05) is 27.4 Å². The molecule has 5 nitrogen and oxygen atoms in total.